The van der Waals surface area contributed by atoms with Gasteiger partial charge in [0.1, 0.15) is 11.5 Å². The molecule has 0 spiro atoms. The quantitative estimate of drug-likeness (QED) is 0.858. The van der Waals surface area contributed by atoms with Crippen LogP contribution in [0.3, 0.4) is 0 Å². The zero-order valence-corrected chi connectivity index (χ0v) is 11.0. The molecular weight excluding hydrogens is 257 g/mol. The monoisotopic (exact) mass is 267 g/mol. The van der Waals surface area contributed by atoms with Crippen LogP contribution in [0.25, 0.3) is 11.3 Å². The van der Waals surface area contributed by atoms with Crippen LogP contribution in [0.15, 0.2) is 18.2 Å². The van der Waals surface area contributed by atoms with E-state index >= 15 is 0 Å². The van der Waals surface area contributed by atoms with Crippen molar-refractivity contribution in [3.63, 3.8) is 0 Å². The third-order valence-electron chi connectivity index (χ3n) is 2.47. The molecule has 0 amide bonds. The van der Waals surface area contributed by atoms with Gasteiger partial charge in [-0.05, 0) is 32.0 Å². The molecule has 0 radical (unpaired) electrons. The molecular formula is C12H11Cl2N3. The highest BCUT2D eigenvalue weighted by molar-refractivity contribution is 6.35. The first-order chi connectivity index (χ1) is 7.97. The minimum absolute atomic E-state index is 0.381. The predicted molar refractivity (Wildman–Crippen MR) is 71.4 cm³/mol. The number of hydrogen-bond acceptors (Lipinski definition) is 3. The third-order valence-corrected chi connectivity index (χ3v) is 2.91. The molecule has 0 bridgehead atoms. The lowest BCUT2D eigenvalue weighted by atomic mass is 10.1. The lowest BCUT2D eigenvalue weighted by Crippen LogP contribution is -2.02. The second kappa shape index (κ2) is 4.51. The van der Waals surface area contributed by atoms with Gasteiger partial charge < -0.3 is 5.73 Å². The Morgan fingerprint density at radius 2 is 1.47 bits per heavy atom. The molecule has 0 unspecified atom stereocenters. The highest BCUT2D eigenvalue weighted by Gasteiger charge is 2.10. The molecule has 1 heterocycles. The van der Waals surface area contributed by atoms with Crippen molar-refractivity contribution >= 4 is 29.0 Å². The van der Waals surface area contributed by atoms with E-state index in [1.165, 1.54) is 0 Å². The molecule has 0 fully saturated rings. The predicted octanol–water partition coefficient (Wildman–Crippen LogP) is 3.65. The molecule has 2 aromatic rings. The second-order valence-electron chi connectivity index (χ2n) is 3.79. The number of nitrogens with zero attached hydrogens (tertiary/aromatic N) is 2. The maximum Gasteiger partial charge on any atom is 0.150 e. The Hall–Kier alpha value is -1.32. The summed E-state index contributed by atoms with van der Waals surface area (Å²) in [6.45, 7) is 3.75. The summed E-state index contributed by atoms with van der Waals surface area (Å²) in [5.41, 5.74) is 8.90. The van der Waals surface area contributed by atoms with Crippen molar-refractivity contribution in [2.75, 3.05) is 5.73 Å². The van der Waals surface area contributed by atoms with E-state index in [2.05, 4.69) is 9.97 Å². The van der Waals surface area contributed by atoms with Gasteiger partial charge in [-0.1, -0.05) is 23.2 Å². The second-order valence-corrected chi connectivity index (χ2v) is 4.66. The van der Waals surface area contributed by atoms with Crippen LogP contribution >= 0.6 is 23.2 Å². The van der Waals surface area contributed by atoms with Crippen LogP contribution in [-0.2, 0) is 0 Å². The number of nitrogen functional groups attached to an aromatic ring is 1. The number of nitrogens with two attached hydrogens (primary N) is 1. The molecule has 2 N–H and O–H groups in total. The van der Waals surface area contributed by atoms with E-state index in [1.54, 1.807) is 18.2 Å². The van der Waals surface area contributed by atoms with Crippen molar-refractivity contribution in [3.05, 3.63) is 39.6 Å². The van der Waals surface area contributed by atoms with Crippen LogP contribution in [0.2, 0.25) is 10.0 Å². The molecule has 0 saturated carbocycles. The average Bonchev–Trinajstić information content (AvgIpc) is 2.22. The normalized spacial score (nSPS) is 10.6. The van der Waals surface area contributed by atoms with E-state index in [-0.39, 0.29) is 0 Å². The number of rotatable bonds is 1. The van der Waals surface area contributed by atoms with Crippen molar-refractivity contribution in [2.24, 2.45) is 0 Å². The molecule has 0 aliphatic rings. The summed E-state index contributed by atoms with van der Waals surface area (Å²) in [5, 5.41) is 1.10. The fourth-order valence-corrected chi connectivity index (χ4v) is 2.05. The smallest absolute Gasteiger partial charge is 0.150 e. The minimum Gasteiger partial charge on any atom is -0.382 e. The number of benzene rings is 1. The molecule has 17 heavy (non-hydrogen) atoms. The summed E-state index contributed by atoms with van der Waals surface area (Å²) in [6.07, 6.45) is 0. The SMILES string of the molecule is Cc1nc(N)c(-c2cc(Cl)cc(Cl)c2)nc1C. The van der Waals surface area contributed by atoms with Gasteiger partial charge in [-0.2, -0.15) is 0 Å². The molecule has 0 aliphatic heterocycles. The Labute approximate surface area is 110 Å². The van der Waals surface area contributed by atoms with Gasteiger partial charge in [-0.25, -0.2) is 9.97 Å². The van der Waals surface area contributed by atoms with E-state index in [0.29, 0.717) is 21.6 Å². The highest BCUT2D eigenvalue weighted by atomic mass is 35.5. The largest absolute Gasteiger partial charge is 0.382 e. The van der Waals surface area contributed by atoms with Crippen molar-refractivity contribution < 1.29 is 0 Å². The van der Waals surface area contributed by atoms with Gasteiger partial charge in [0, 0.05) is 15.6 Å². The fraction of sp³-hybridized carbons (Fsp3) is 0.167. The Morgan fingerprint density at radius 1 is 0.941 bits per heavy atom. The van der Waals surface area contributed by atoms with Crippen LogP contribution in [0.5, 0.6) is 0 Å². The van der Waals surface area contributed by atoms with Crippen LogP contribution in [0, 0.1) is 13.8 Å². The standard InChI is InChI=1S/C12H11Cl2N3/c1-6-7(2)17-12(15)11(16-6)8-3-9(13)5-10(14)4-8/h3-5H,1-2H3,(H2,15,17). The van der Waals surface area contributed by atoms with E-state index in [1.807, 2.05) is 13.8 Å². The maximum atomic E-state index is 5.95. The lowest BCUT2D eigenvalue weighted by molar-refractivity contribution is 1.06. The maximum absolute atomic E-state index is 5.95. The van der Waals surface area contributed by atoms with Gasteiger partial charge >= 0.3 is 0 Å². The third kappa shape index (κ3) is 2.51. The molecule has 1 aromatic heterocycles. The topological polar surface area (TPSA) is 51.8 Å². The highest BCUT2D eigenvalue weighted by Crippen LogP contribution is 2.29. The zero-order chi connectivity index (χ0) is 12.6. The van der Waals surface area contributed by atoms with E-state index in [9.17, 15) is 0 Å². The number of anilines is 1. The first-order valence-electron chi connectivity index (χ1n) is 5.04. The number of halogens is 2. The zero-order valence-electron chi connectivity index (χ0n) is 9.46. The Kier molecular flexibility index (Phi) is 3.22. The number of hydrogen-bond donors (Lipinski definition) is 1. The lowest BCUT2D eigenvalue weighted by Gasteiger charge is -2.08. The molecule has 0 saturated heterocycles. The van der Waals surface area contributed by atoms with Gasteiger partial charge in [-0.15, -0.1) is 0 Å². The Bertz CT molecular complexity index is 562. The molecule has 2 rings (SSSR count). The van der Waals surface area contributed by atoms with Crippen molar-refractivity contribution in [1.82, 2.24) is 9.97 Å². The number of aryl methyl sites for hydroxylation is 2. The van der Waals surface area contributed by atoms with Gasteiger partial charge in [0.2, 0.25) is 0 Å². The summed E-state index contributed by atoms with van der Waals surface area (Å²) in [6, 6.07) is 5.20. The summed E-state index contributed by atoms with van der Waals surface area (Å²) < 4.78 is 0. The molecule has 0 atom stereocenters. The summed E-state index contributed by atoms with van der Waals surface area (Å²) >= 11 is 11.9. The molecule has 0 aliphatic carbocycles. The van der Waals surface area contributed by atoms with Gasteiger partial charge in [0.25, 0.3) is 0 Å². The number of aromatic nitrogens is 2. The summed E-state index contributed by atoms with van der Waals surface area (Å²) in [5.74, 6) is 0.381. The average molecular weight is 268 g/mol. The summed E-state index contributed by atoms with van der Waals surface area (Å²) in [7, 11) is 0. The van der Waals surface area contributed by atoms with Crippen molar-refractivity contribution in [2.45, 2.75) is 13.8 Å². The first-order valence-corrected chi connectivity index (χ1v) is 5.80. The van der Waals surface area contributed by atoms with E-state index in [0.717, 1.165) is 17.0 Å². The Morgan fingerprint density at radius 3 is 2.06 bits per heavy atom. The molecule has 88 valence electrons. The van der Waals surface area contributed by atoms with Crippen LogP contribution in [0.1, 0.15) is 11.4 Å². The van der Waals surface area contributed by atoms with E-state index in [4.69, 9.17) is 28.9 Å². The first kappa shape index (κ1) is 12.1. The van der Waals surface area contributed by atoms with Crippen LogP contribution in [-0.4, -0.2) is 9.97 Å². The van der Waals surface area contributed by atoms with Crippen molar-refractivity contribution in [1.29, 1.82) is 0 Å². The molecule has 3 nitrogen and oxygen atoms in total. The van der Waals surface area contributed by atoms with Crippen LogP contribution in [0.4, 0.5) is 5.82 Å². The van der Waals surface area contributed by atoms with E-state index < -0.39 is 0 Å². The minimum atomic E-state index is 0.381. The molecule has 1 aromatic carbocycles. The molecule has 5 heteroatoms. The van der Waals surface area contributed by atoms with Gasteiger partial charge in [-0.3, -0.25) is 0 Å². The van der Waals surface area contributed by atoms with Gasteiger partial charge in [0.15, 0.2) is 0 Å². The van der Waals surface area contributed by atoms with Crippen LogP contribution < -0.4 is 5.73 Å². The fourth-order valence-electron chi connectivity index (χ4n) is 1.52. The van der Waals surface area contributed by atoms with Crippen molar-refractivity contribution in [3.8, 4) is 11.3 Å². The summed E-state index contributed by atoms with van der Waals surface area (Å²) in [4.78, 5) is 8.66. The van der Waals surface area contributed by atoms with Gasteiger partial charge in [0.05, 0.1) is 11.4 Å². The Balaban J connectivity index is 2.64.